The van der Waals surface area contributed by atoms with E-state index in [4.69, 9.17) is 14.4 Å². The van der Waals surface area contributed by atoms with Gasteiger partial charge in [0.2, 0.25) is 0 Å². The van der Waals surface area contributed by atoms with Crippen LogP contribution in [0.25, 0.3) is 44.2 Å². The SMILES string of the molecule is Brc1ccccc1/C=N/Nc1nc2ccccc2nc1-c1ccc2c(c1)oc1ccccc12. The highest BCUT2D eigenvalue weighted by atomic mass is 79.9. The average molecular weight is 493 g/mol. The number of furan rings is 1. The fraction of sp³-hybridized carbons (Fsp3) is 0. The molecule has 2 aromatic heterocycles. The number of fused-ring (bicyclic) bond motifs is 4. The molecule has 0 fully saturated rings. The van der Waals surface area contributed by atoms with Gasteiger partial charge in [-0.15, -0.1) is 0 Å². The lowest BCUT2D eigenvalue weighted by Gasteiger charge is -2.09. The molecule has 0 radical (unpaired) electrons. The van der Waals surface area contributed by atoms with Gasteiger partial charge in [0.25, 0.3) is 0 Å². The Kier molecular flexibility index (Phi) is 4.85. The van der Waals surface area contributed by atoms with Gasteiger partial charge in [-0.3, -0.25) is 5.43 Å². The molecule has 0 saturated heterocycles. The number of benzene rings is 4. The summed E-state index contributed by atoms with van der Waals surface area (Å²) in [4.78, 5) is 9.70. The summed E-state index contributed by atoms with van der Waals surface area (Å²) in [6.07, 6.45) is 1.76. The standard InChI is InChI=1S/C27H17BrN4O/c28-21-9-3-1-7-18(21)16-29-32-27-26(30-22-10-4-5-11-23(22)31-27)17-13-14-20-19-8-2-6-12-24(19)33-25(20)15-17/h1-16H,(H,31,32)/b29-16+. The highest BCUT2D eigenvalue weighted by molar-refractivity contribution is 9.10. The zero-order chi connectivity index (χ0) is 22.2. The van der Waals surface area contributed by atoms with Crippen molar-refractivity contribution in [2.24, 2.45) is 5.10 Å². The van der Waals surface area contributed by atoms with Gasteiger partial charge in [0.05, 0.1) is 17.2 Å². The Hall–Kier alpha value is -4.03. The quantitative estimate of drug-likeness (QED) is 0.205. The molecular weight excluding hydrogens is 476 g/mol. The molecule has 0 amide bonds. The third-order valence-corrected chi connectivity index (χ3v) is 6.22. The molecule has 33 heavy (non-hydrogen) atoms. The number of para-hydroxylation sites is 3. The van der Waals surface area contributed by atoms with E-state index >= 15 is 0 Å². The number of hydrogen-bond donors (Lipinski definition) is 1. The van der Waals surface area contributed by atoms with E-state index in [2.05, 4.69) is 38.6 Å². The second-order valence-corrected chi connectivity index (χ2v) is 8.46. The number of anilines is 1. The van der Waals surface area contributed by atoms with E-state index in [1.807, 2.05) is 78.9 Å². The Morgan fingerprint density at radius 3 is 2.36 bits per heavy atom. The lowest BCUT2D eigenvalue weighted by molar-refractivity contribution is 0.669. The zero-order valence-electron chi connectivity index (χ0n) is 17.4. The zero-order valence-corrected chi connectivity index (χ0v) is 19.0. The van der Waals surface area contributed by atoms with Gasteiger partial charge >= 0.3 is 0 Å². The molecule has 6 rings (SSSR count). The summed E-state index contributed by atoms with van der Waals surface area (Å²) in [6, 6.07) is 29.9. The Labute approximate surface area is 197 Å². The highest BCUT2D eigenvalue weighted by Crippen LogP contribution is 2.34. The topological polar surface area (TPSA) is 63.3 Å². The van der Waals surface area contributed by atoms with Crippen LogP contribution in [0.2, 0.25) is 0 Å². The molecule has 0 aliphatic carbocycles. The number of rotatable bonds is 4. The summed E-state index contributed by atoms with van der Waals surface area (Å²) in [6.45, 7) is 0. The minimum absolute atomic E-state index is 0.576. The lowest BCUT2D eigenvalue weighted by Crippen LogP contribution is -2.00. The molecule has 5 nitrogen and oxygen atoms in total. The summed E-state index contributed by atoms with van der Waals surface area (Å²) >= 11 is 3.55. The van der Waals surface area contributed by atoms with Crippen molar-refractivity contribution < 1.29 is 4.42 Å². The number of nitrogens with one attached hydrogen (secondary N) is 1. The maximum atomic E-state index is 6.09. The maximum absolute atomic E-state index is 6.09. The van der Waals surface area contributed by atoms with E-state index in [1.54, 1.807) is 6.21 Å². The third-order valence-electron chi connectivity index (χ3n) is 5.50. The second kappa shape index (κ2) is 8.15. The monoisotopic (exact) mass is 492 g/mol. The van der Waals surface area contributed by atoms with Crippen molar-refractivity contribution in [1.82, 2.24) is 9.97 Å². The molecule has 2 heterocycles. The van der Waals surface area contributed by atoms with Gasteiger partial charge in [0.1, 0.15) is 16.9 Å². The van der Waals surface area contributed by atoms with Crippen LogP contribution in [0.1, 0.15) is 5.56 Å². The molecule has 6 heteroatoms. The van der Waals surface area contributed by atoms with Crippen LogP contribution in [0.4, 0.5) is 5.82 Å². The van der Waals surface area contributed by atoms with Crippen LogP contribution in [0.15, 0.2) is 105 Å². The maximum Gasteiger partial charge on any atom is 0.173 e. The van der Waals surface area contributed by atoms with E-state index in [1.165, 1.54) is 0 Å². The average Bonchev–Trinajstić information content (AvgIpc) is 3.22. The third kappa shape index (κ3) is 3.64. The molecule has 0 bridgehead atoms. The molecule has 0 aliphatic heterocycles. The van der Waals surface area contributed by atoms with Gasteiger partial charge in [-0.1, -0.05) is 70.5 Å². The van der Waals surface area contributed by atoms with Crippen LogP contribution in [0.3, 0.4) is 0 Å². The minimum atomic E-state index is 0.576. The Morgan fingerprint density at radius 1 is 0.758 bits per heavy atom. The molecule has 0 aliphatic rings. The highest BCUT2D eigenvalue weighted by Gasteiger charge is 2.14. The van der Waals surface area contributed by atoms with Crippen LogP contribution in [0, 0.1) is 0 Å². The number of halogens is 1. The largest absolute Gasteiger partial charge is 0.456 e. The van der Waals surface area contributed by atoms with E-state index in [-0.39, 0.29) is 0 Å². The van der Waals surface area contributed by atoms with E-state index in [9.17, 15) is 0 Å². The first-order valence-electron chi connectivity index (χ1n) is 10.5. The molecule has 1 N–H and O–H groups in total. The molecule has 0 spiro atoms. The molecule has 0 unspecified atom stereocenters. The number of nitrogens with zero attached hydrogens (tertiary/aromatic N) is 3. The molecule has 0 atom stereocenters. The number of aromatic nitrogens is 2. The van der Waals surface area contributed by atoms with Crippen LogP contribution < -0.4 is 5.43 Å². The predicted octanol–water partition coefficient (Wildman–Crippen LogP) is 7.40. The summed E-state index contributed by atoms with van der Waals surface area (Å²) < 4.78 is 7.06. The van der Waals surface area contributed by atoms with Crippen LogP contribution in [-0.2, 0) is 0 Å². The fourth-order valence-corrected chi connectivity index (χ4v) is 4.28. The van der Waals surface area contributed by atoms with Crippen molar-refractivity contribution in [3.05, 3.63) is 101 Å². The predicted molar refractivity (Wildman–Crippen MR) is 138 cm³/mol. The first-order chi connectivity index (χ1) is 16.3. The van der Waals surface area contributed by atoms with E-state index in [0.717, 1.165) is 48.6 Å². The molecule has 6 aromatic rings. The van der Waals surface area contributed by atoms with Crippen molar-refractivity contribution in [2.45, 2.75) is 0 Å². The fourth-order valence-electron chi connectivity index (χ4n) is 3.90. The molecule has 0 saturated carbocycles. The Balaban J connectivity index is 1.46. The van der Waals surface area contributed by atoms with Gasteiger partial charge in [-0.2, -0.15) is 5.10 Å². The first kappa shape index (κ1) is 19.6. The molecule has 158 valence electrons. The van der Waals surface area contributed by atoms with E-state index < -0.39 is 0 Å². The lowest BCUT2D eigenvalue weighted by atomic mass is 10.1. The van der Waals surface area contributed by atoms with Crippen LogP contribution in [0.5, 0.6) is 0 Å². The Bertz CT molecular complexity index is 1670. The Morgan fingerprint density at radius 2 is 1.48 bits per heavy atom. The smallest absolute Gasteiger partial charge is 0.173 e. The summed E-state index contributed by atoms with van der Waals surface area (Å²) in [5.41, 5.74) is 8.96. The van der Waals surface area contributed by atoms with Crippen molar-refractivity contribution in [3.8, 4) is 11.3 Å². The number of hydrogen-bond acceptors (Lipinski definition) is 5. The van der Waals surface area contributed by atoms with E-state index in [0.29, 0.717) is 11.5 Å². The van der Waals surface area contributed by atoms with Gasteiger partial charge in [0.15, 0.2) is 5.82 Å². The van der Waals surface area contributed by atoms with Crippen molar-refractivity contribution in [1.29, 1.82) is 0 Å². The van der Waals surface area contributed by atoms with Gasteiger partial charge in [-0.25, -0.2) is 9.97 Å². The molecule has 4 aromatic carbocycles. The summed E-state index contributed by atoms with van der Waals surface area (Å²) in [5, 5.41) is 6.60. The number of hydrazone groups is 1. The van der Waals surface area contributed by atoms with Crippen LogP contribution >= 0.6 is 15.9 Å². The van der Waals surface area contributed by atoms with Crippen LogP contribution in [-0.4, -0.2) is 16.2 Å². The first-order valence-corrected chi connectivity index (χ1v) is 11.3. The van der Waals surface area contributed by atoms with Gasteiger partial charge in [-0.05, 0) is 36.4 Å². The summed E-state index contributed by atoms with van der Waals surface area (Å²) in [7, 11) is 0. The minimum Gasteiger partial charge on any atom is -0.456 e. The van der Waals surface area contributed by atoms with Gasteiger partial charge in [0, 0.05) is 26.4 Å². The van der Waals surface area contributed by atoms with Crippen molar-refractivity contribution >= 4 is 60.9 Å². The second-order valence-electron chi connectivity index (χ2n) is 7.61. The van der Waals surface area contributed by atoms with Crippen molar-refractivity contribution in [3.63, 3.8) is 0 Å². The van der Waals surface area contributed by atoms with Crippen molar-refractivity contribution in [2.75, 3.05) is 5.43 Å². The molecular formula is C27H17BrN4O. The van der Waals surface area contributed by atoms with Gasteiger partial charge < -0.3 is 4.42 Å². The summed E-state index contributed by atoms with van der Waals surface area (Å²) in [5.74, 6) is 0.576. The normalized spacial score (nSPS) is 11.7.